The lowest BCUT2D eigenvalue weighted by atomic mass is 9.85. The molecular formula is C24H19N3O5S2. The molecule has 0 spiro atoms. The minimum atomic E-state index is -0.427. The van der Waals surface area contributed by atoms with E-state index in [9.17, 15) is 19.7 Å². The SMILES string of the molecule is COc1ccc([N+](=O)[O-])cc1CSc1nc2ccc(N3C(=O)[C@H]4[C@H](C3=O)[C@H]3C=C[C@H]4C3)cc2s1. The molecule has 2 fully saturated rings. The lowest BCUT2D eigenvalue weighted by Gasteiger charge is -2.17. The van der Waals surface area contributed by atoms with Crippen molar-refractivity contribution in [3.8, 4) is 5.75 Å². The number of carbonyl (C=O) groups is 2. The van der Waals surface area contributed by atoms with Crippen LogP contribution in [0.4, 0.5) is 11.4 Å². The van der Waals surface area contributed by atoms with Crippen LogP contribution in [0, 0.1) is 33.8 Å². The van der Waals surface area contributed by atoms with Gasteiger partial charge in [0.25, 0.3) is 5.69 Å². The minimum Gasteiger partial charge on any atom is -0.496 e. The van der Waals surface area contributed by atoms with E-state index in [2.05, 4.69) is 17.1 Å². The van der Waals surface area contributed by atoms with Gasteiger partial charge in [0.2, 0.25) is 11.8 Å². The van der Waals surface area contributed by atoms with Crippen LogP contribution in [0.3, 0.4) is 0 Å². The highest BCUT2D eigenvalue weighted by molar-refractivity contribution is 8.00. The molecule has 10 heteroatoms. The van der Waals surface area contributed by atoms with Gasteiger partial charge in [0.05, 0.1) is 39.8 Å². The Morgan fingerprint density at radius 3 is 2.56 bits per heavy atom. The van der Waals surface area contributed by atoms with Crippen molar-refractivity contribution >= 4 is 56.5 Å². The standard InChI is InChI=1S/C24H19N3O5S2/c1-32-18-7-5-16(27(30)31)9-14(18)11-33-24-25-17-6-4-15(10-19(17)34-24)26-22(28)20-12-2-3-13(8-12)21(20)23(26)29/h2-7,9-10,12-13,20-21H,8,11H2,1H3/t12-,13-,20+,21+/m0/s1. The number of aromatic nitrogens is 1. The summed E-state index contributed by atoms with van der Waals surface area (Å²) in [5.41, 5.74) is 2.10. The molecular weight excluding hydrogens is 474 g/mol. The van der Waals surface area contributed by atoms with Crippen molar-refractivity contribution in [2.24, 2.45) is 23.7 Å². The summed E-state index contributed by atoms with van der Waals surface area (Å²) >= 11 is 2.93. The summed E-state index contributed by atoms with van der Waals surface area (Å²) in [5.74, 6) is 0.758. The summed E-state index contributed by atoms with van der Waals surface area (Å²) in [7, 11) is 1.53. The molecule has 3 aliphatic rings. The number of imide groups is 1. The number of methoxy groups -OCH3 is 1. The van der Waals surface area contributed by atoms with Crippen LogP contribution in [0.5, 0.6) is 5.75 Å². The molecule has 2 bridgehead atoms. The molecule has 0 unspecified atom stereocenters. The van der Waals surface area contributed by atoms with Gasteiger partial charge in [-0.05, 0) is 42.5 Å². The number of thioether (sulfide) groups is 1. The summed E-state index contributed by atoms with van der Waals surface area (Å²) in [5, 5.41) is 11.1. The number of hydrogen-bond acceptors (Lipinski definition) is 8. The summed E-state index contributed by atoms with van der Waals surface area (Å²) in [4.78, 5) is 42.9. The molecule has 2 amide bonds. The number of hydrogen-bond donors (Lipinski definition) is 0. The van der Waals surface area contributed by atoms with Crippen molar-refractivity contribution in [1.29, 1.82) is 0 Å². The van der Waals surface area contributed by atoms with Crippen molar-refractivity contribution < 1.29 is 19.2 Å². The maximum absolute atomic E-state index is 13.1. The molecule has 34 heavy (non-hydrogen) atoms. The molecule has 1 saturated carbocycles. The summed E-state index contributed by atoms with van der Waals surface area (Å²) < 4.78 is 7.01. The number of carbonyl (C=O) groups excluding carboxylic acids is 2. The maximum atomic E-state index is 13.1. The second kappa shape index (κ2) is 7.92. The Kier molecular flexibility index (Phi) is 4.96. The van der Waals surface area contributed by atoms with Gasteiger partial charge in [0, 0.05) is 23.4 Å². The lowest BCUT2D eigenvalue weighted by Crippen LogP contribution is -2.32. The van der Waals surface area contributed by atoms with E-state index in [1.807, 2.05) is 12.1 Å². The fourth-order valence-electron chi connectivity index (χ4n) is 5.38. The van der Waals surface area contributed by atoms with Crippen molar-refractivity contribution in [3.05, 3.63) is 64.2 Å². The number of amides is 2. The second-order valence-corrected chi connectivity index (χ2v) is 10.9. The van der Waals surface area contributed by atoms with Crippen LogP contribution in [0.25, 0.3) is 10.2 Å². The smallest absolute Gasteiger partial charge is 0.270 e. The van der Waals surface area contributed by atoms with E-state index in [0.29, 0.717) is 22.8 Å². The van der Waals surface area contributed by atoms with Gasteiger partial charge in [-0.15, -0.1) is 11.3 Å². The maximum Gasteiger partial charge on any atom is 0.270 e. The zero-order valence-electron chi connectivity index (χ0n) is 18.0. The van der Waals surface area contributed by atoms with Crippen LogP contribution in [0.2, 0.25) is 0 Å². The largest absolute Gasteiger partial charge is 0.496 e. The van der Waals surface area contributed by atoms with Crippen LogP contribution in [-0.2, 0) is 15.3 Å². The number of benzene rings is 2. The number of fused-ring (bicyclic) bond motifs is 6. The van der Waals surface area contributed by atoms with E-state index < -0.39 is 4.92 Å². The number of ether oxygens (including phenoxy) is 1. The predicted octanol–water partition coefficient (Wildman–Crippen LogP) is 4.82. The van der Waals surface area contributed by atoms with Gasteiger partial charge in [0.1, 0.15) is 5.75 Å². The first-order valence-corrected chi connectivity index (χ1v) is 12.7. The average molecular weight is 494 g/mol. The van der Waals surface area contributed by atoms with E-state index in [1.165, 1.54) is 47.2 Å². The number of thiazole rings is 1. The topological polar surface area (TPSA) is 103 Å². The number of rotatable bonds is 6. The fraction of sp³-hybridized carbons (Fsp3) is 0.292. The molecule has 0 N–H and O–H groups in total. The third-order valence-electron chi connectivity index (χ3n) is 6.91. The van der Waals surface area contributed by atoms with Crippen LogP contribution >= 0.6 is 23.1 Å². The van der Waals surface area contributed by atoms with Gasteiger partial charge in [-0.2, -0.15) is 0 Å². The monoisotopic (exact) mass is 493 g/mol. The summed E-state index contributed by atoms with van der Waals surface area (Å²) in [6.45, 7) is 0. The zero-order chi connectivity index (χ0) is 23.6. The number of allylic oxidation sites excluding steroid dienone is 2. The van der Waals surface area contributed by atoms with Crippen LogP contribution in [0.1, 0.15) is 12.0 Å². The molecule has 172 valence electrons. The lowest BCUT2D eigenvalue weighted by molar-refractivity contribution is -0.384. The van der Waals surface area contributed by atoms with Crippen LogP contribution < -0.4 is 9.64 Å². The summed E-state index contributed by atoms with van der Waals surface area (Å²) in [6.07, 6.45) is 5.09. The number of anilines is 1. The highest BCUT2D eigenvalue weighted by atomic mass is 32.2. The molecule has 1 aromatic heterocycles. The number of nitro groups is 1. The number of nitrogens with zero attached hydrogens (tertiary/aromatic N) is 3. The molecule has 8 nitrogen and oxygen atoms in total. The van der Waals surface area contributed by atoms with Crippen molar-refractivity contribution in [2.75, 3.05) is 12.0 Å². The third-order valence-corrected chi connectivity index (χ3v) is 9.12. The first-order chi connectivity index (χ1) is 16.4. The molecule has 1 aliphatic heterocycles. The predicted molar refractivity (Wildman–Crippen MR) is 129 cm³/mol. The van der Waals surface area contributed by atoms with E-state index in [4.69, 9.17) is 4.74 Å². The summed E-state index contributed by atoms with van der Waals surface area (Å²) in [6, 6.07) is 10.0. The Balaban J connectivity index is 1.24. The molecule has 2 aromatic carbocycles. The normalized spacial score (nSPS) is 24.9. The van der Waals surface area contributed by atoms with Crippen molar-refractivity contribution in [2.45, 2.75) is 16.5 Å². The zero-order valence-corrected chi connectivity index (χ0v) is 19.7. The van der Waals surface area contributed by atoms with E-state index in [1.54, 1.807) is 12.1 Å². The van der Waals surface area contributed by atoms with E-state index in [-0.39, 0.29) is 41.2 Å². The van der Waals surface area contributed by atoms with Crippen LogP contribution in [-0.4, -0.2) is 28.8 Å². The Hall–Kier alpha value is -3.24. The Labute approximate surface area is 202 Å². The second-order valence-electron chi connectivity index (χ2n) is 8.69. The van der Waals surface area contributed by atoms with Crippen LogP contribution in [0.15, 0.2) is 52.9 Å². The van der Waals surface area contributed by atoms with Gasteiger partial charge in [-0.3, -0.25) is 19.7 Å². The van der Waals surface area contributed by atoms with E-state index >= 15 is 0 Å². The Bertz CT molecular complexity index is 1370. The number of nitro benzene ring substituents is 1. The Morgan fingerprint density at radius 2 is 1.88 bits per heavy atom. The van der Waals surface area contributed by atoms with Gasteiger partial charge >= 0.3 is 0 Å². The molecule has 2 aliphatic carbocycles. The van der Waals surface area contributed by atoms with Gasteiger partial charge in [0.15, 0.2) is 4.34 Å². The highest BCUT2D eigenvalue weighted by Crippen LogP contribution is 2.53. The third kappa shape index (κ3) is 3.24. The number of non-ortho nitro benzene ring substituents is 1. The quantitative estimate of drug-likeness (QED) is 0.159. The molecule has 4 atom stereocenters. The molecule has 0 radical (unpaired) electrons. The van der Waals surface area contributed by atoms with Gasteiger partial charge < -0.3 is 4.74 Å². The fourth-order valence-corrected chi connectivity index (χ4v) is 7.46. The molecule has 3 aromatic rings. The molecule has 1 saturated heterocycles. The molecule has 2 heterocycles. The van der Waals surface area contributed by atoms with Crippen molar-refractivity contribution in [1.82, 2.24) is 4.98 Å². The minimum absolute atomic E-state index is 0.0127. The Morgan fingerprint density at radius 1 is 1.15 bits per heavy atom. The van der Waals surface area contributed by atoms with E-state index in [0.717, 1.165) is 21.0 Å². The van der Waals surface area contributed by atoms with Gasteiger partial charge in [-0.25, -0.2) is 9.88 Å². The highest BCUT2D eigenvalue weighted by Gasteiger charge is 2.59. The molecule has 6 rings (SSSR count). The van der Waals surface area contributed by atoms with Crippen molar-refractivity contribution in [3.63, 3.8) is 0 Å². The average Bonchev–Trinajstić information content (AvgIpc) is 3.59. The first kappa shape index (κ1) is 21.3. The first-order valence-electron chi connectivity index (χ1n) is 10.9. The van der Waals surface area contributed by atoms with Gasteiger partial charge in [-0.1, -0.05) is 23.9 Å².